The Morgan fingerprint density at radius 1 is 1.12 bits per heavy atom. The molecule has 0 aliphatic carbocycles. The van der Waals surface area contributed by atoms with E-state index in [1.165, 1.54) is 56.3 Å². The van der Waals surface area contributed by atoms with E-state index < -0.39 is 0 Å². The number of nitrogens with zero attached hydrogens (tertiary/aromatic N) is 2. The lowest BCUT2D eigenvalue weighted by Gasteiger charge is -2.35. The molecule has 0 radical (unpaired) electrons. The van der Waals surface area contributed by atoms with E-state index in [4.69, 9.17) is 4.74 Å². The second-order valence-electron chi connectivity index (χ2n) is 6.61. The molecule has 0 N–H and O–H groups in total. The molecule has 0 bridgehead atoms. The molecule has 1 saturated heterocycles. The van der Waals surface area contributed by atoms with Gasteiger partial charge in [0.1, 0.15) is 6.61 Å². The molecular weight excluding hydrogens is 296 g/mol. The first-order valence-electron chi connectivity index (χ1n) is 9.23. The van der Waals surface area contributed by atoms with Crippen molar-refractivity contribution in [3.8, 4) is 5.88 Å². The van der Waals surface area contributed by atoms with Crippen molar-refractivity contribution in [2.24, 2.45) is 0 Å². The van der Waals surface area contributed by atoms with E-state index in [1.54, 1.807) is 0 Å². The van der Waals surface area contributed by atoms with E-state index in [-0.39, 0.29) is 0 Å². The van der Waals surface area contributed by atoms with Crippen LogP contribution in [0.3, 0.4) is 0 Å². The average Bonchev–Trinajstić information content (AvgIpc) is 2.66. The molecule has 1 fully saturated rings. The van der Waals surface area contributed by atoms with Crippen LogP contribution in [0.1, 0.15) is 56.2 Å². The van der Waals surface area contributed by atoms with Crippen LogP contribution in [0.2, 0.25) is 0 Å². The van der Waals surface area contributed by atoms with Crippen LogP contribution in [0.15, 0.2) is 48.7 Å². The molecule has 2 aromatic rings. The zero-order valence-corrected chi connectivity index (χ0v) is 14.7. The predicted octanol–water partition coefficient (Wildman–Crippen LogP) is 4.99. The van der Waals surface area contributed by atoms with E-state index in [2.05, 4.69) is 35.0 Å². The van der Waals surface area contributed by atoms with Crippen molar-refractivity contribution in [2.45, 2.75) is 51.7 Å². The fourth-order valence-corrected chi connectivity index (χ4v) is 3.40. The van der Waals surface area contributed by atoms with Crippen molar-refractivity contribution in [3.05, 3.63) is 59.8 Å². The first-order valence-corrected chi connectivity index (χ1v) is 9.23. The van der Waals surface area contributed by atoms with Crippen molar-refractivity contribution >= 4 is 0 Å². The maximum Gasteiger partial charge on any atom is 0.213 e. The zero-order chi connectivity index (χ0) is 16.6. The first kappa shape index (κ1) is 17.0. The number of pyridine rings is 1. The second kappa shape index (κ2) is 8.84. The molecule has 24 heavy (non-hydrogen) atoms. The molecule has 3 nitrogen and oxygen atoms in total. The smallest absolute Gasteiger partial charge is 0.213 e. The van der Waals surface area contributed by atoms with Gasteiger partial charge in [0.15, 0.2) is 0 Å². The summed E-state index contributed by atoms with van der Waals surface area (Å²) in [6.45, 7) is 5.25. The summed E-state index contributed by atoms with van der Waals surface area (Å²) in [7, 11) is 0. The molecule has 1 aromatic carbocycles. The van der Waals surface area contributed by atoms with E-state index in [0.717, 1.165) is 0 Å². The van der Waals surface area contributed by atoms with Crippen molar-refractivity contribution in [3.63, 3.8) is 0 Å². The number of benzene rings is 1. The Kier molecular flexibility index (Phi) is 6.25. The minimum Gasteiger partial charge on any atom is -0.473 e. The summed E-state index contributed by atoms with van der Waals surface area (Å²) in [6, 6.07) is 15.0. The van der Waals surface area contributed by atoms with Crippen LogP contribution in [-0.2, 0) is 6.61 Å². The Balaban J connectivity index is 1.60. The lowest BCUT2D eigenvalue weighted by molar-refractivity contribution is 0.146. The van der Waals surface area contributed by atoms with Gasteiger partial charge in [-0.05, 0) is 43.5 Å². The SMILES string of the molecule is CCCCN1CCCC[C@@H]1c1ccc(OCc2ccccc2)nc1. The number of unbranched alkanes of at least 4 members (excludes halogenated alkanes) is 1. The van der Waals surface area contributed by atoms with Gasteiger partial charge in [-0.15, -0.1) is 0 Å². The maximum atomic E-state index is 5.80. The van der Waals surface area contributed by atoms with Crippen LogP contribution in [0, 0.1) is 0 Å². The van der Waals surface area contributed by atoms with Crippen LogP contribution in [0.25, 0.3) is 0 Å². The third-order valence-corrected chi connectivity index (χ3v) is 4.79. The quantitative estimate of drug-likeness (QED) is 0.717. The van der Waals surface area contributed by atoms with Gasteiger partial charge in [0.25, 0.3) is 0 Å². The molecule has 1 aromatic heterocycles. The lowest BCUT2D eigenvalue weighted by atomic mass is 9.96. The standard InChI is InChI=1S/C21H28N2O/c1-2-3-14-23-15-8-7-11-20(23)19-12-13-21(22-16-19)24-17-18-9-5-4-6-10-18/h4-6,9-10,12-13,16,20H,2-3,7-8,11,14-15,17H2,1H3/t20-/m1/s1. The molecule has 0 amide bonds. The highest BCUT2D eigenvalue weighted by molar-refractivity contribution is 5.22. The number of piperidine rings is 1. The minimum atomic E-state index is 0.529. The molecule has 2 heterocycles. The molecule has 0 unspecified atom stereocenters. The molecule has 0 spiro atoms. The third-order valence-electron chi connectivity index (χ3n) is 4.79. The van der Waals surface area contributed by atoms with Gasteiger partial charge < -0.3 is 4.74 Å². The molecule has 1 aliphatic heterocycles. The van der Waals surface area contributed by atoms with Gasteiger partial charge in [-0.1, -0.05) is 56.2 Å². The minimum absolute atomic E-state index is 0.529. The summed E-state index contributed by atoms with van der Waals surface area (Å²) in [5.74, 6) is 0.707. The van der Waals surface area contributed by atoms with E-state index in [0.29, 0.717) is 18.5 Å². The Morgan fingerprint density at radius 2 is 2.00 bits per heavy atom. The highest BCUT2D eigenvalue weighted by Crippen LogP contribution is 2.31. The summed E-state index contributed by atoms with van der Waals surface area (Å²) < 4.78 is 5.80. The number of ether oxygens (including phenoxy) is 1. The van der Waals surface area contributed by atoms with Gasteiger partial charge in [-0.3, -0.25) is 4.90 Å². The van der Waals surface area contributed by atoms with Crippen LogP contribution < -0.4 is 4.74 Å². The molecule has 3 heteroatoms. The number of hydrogen-bond donors (Lipinski definition) is 0. The Hall–Kier alpha value is -1.87. The number of rotatable bonds is 7. The molecule has 1 atom stereocenters. The molecule has 0 saturated carbocycles. The predicted molar refractivity (Wildman–Crippen MR) is 98.1 cm³/mol. The first-order chi connectivity index (χ1) is 11.9. The van der Waals surface area contributed by atoms with Crippen LogP contribution in [0.5, 0.6) is 5.88 Å². The van der Waals surface area contributed by atoms with Crippen molar-refractivity contribution in [1.29, 1.82) is 0 Å². The molecular formula is C21H28N2O. The number of aromatic nitrogens is 1. The van der Waals surface area contributed by atoms with Gasteiger partial charge in [-0.2, -0.15) is 0 Å². The van der Waals surface area contributed by atoms with Gasteiger partial charge in [-0.25, -0.2) is 4.98 Å². The van der Waals surface area contributed by atoms with Crippen molar-refractivity contribution < 1.29 is 4.74 Å². The van der Waals surface area contributed by atoms with Crippen molar-refractivity contribution in [1.82, 2.24) is 9.88 Å². The van der Waals surface area contributed by atoms with Crippen LogP contribution in [0.4, 0.5) is 0 Å². The summed E-state index contributed by atoms with van der Waals surface area (Å²) in [4.78, 5) is 7.17. The second-order valence-corrected chi connectivity index (χ2v) is 6.61. The molecule has 1 aliphatic rings. The fourth-order valence-electron chi connectivity index (χ4n) is 3.40. The number of likely N-dealkylation sites (tertiary alicyclic amines) is 1. The highest BCUT2D eigenvalue weighted by atomic mass is 16.5. The average molecular weight is 324 g/mol. The van der Waals surface area contributed by atoms with Gasteiger partial charge >= 0.3 is 0 Å². The van der Waals surface area contributed by atoms with Crippen LogP contribution in [-0.4, -0.2) is 23.0 Å². The van der Waals surface area contributed by atoms with E-state index in [1.807, 2.05) is 30.5 Å². The topological polar surface area (TPSA) is 25.4 Å². The number of hydrogen-bond acceptors (Lipinski definition) is 3. The Labute approximate surface area is 145 Å². The fraction of sp³-hybridized carbons (Fsp3) is 0.476. The lowest BCUT2D eigenvalue weighted by Crippen LogP contribution is -2.34. The summed E-state index contributed by atoms with van der Waals surface area (Å²) in [5.41, 5.74) is 2.50. The summed E-state index contributed by atoms with van der Waals surface area (Å²) >= 11 is 0. The monoisotopic (exact) mass is 324 g/mol. The largest absolute Gasteiger partial charge is 0.473 e. The Morgan fingerprint density at radius 3 is 2.75 bits per heavy atom. The third kappa shape index (κ3) is 4.57. The van der Waals surface area contributed by atoms with Crippen LogP contribution >= 0.6 is 0 Å². The Bertz CT molecular complexity index is 597. The maximum absolute atomic E-state index is 5.80. The summed E-state index contributed by atoms with van der Waals surface area (Å²) in [5, 5.41) is 0. The normalized spacial score (nSPS) is 18.5. The zero-order valence-electron chi connectivity index (χ0n) is 14.7. The molecule has 128 valence electrons. The van der Waals surface area contributed by atoms with E-state index >= 15 is 0 Å². The summed E-state index contributed by atoms with van der Waals surface area (Å²) in [6.07, 6.45) is 8.44. The van der Waals surface area contributed by atoms with E-state index in [9.17, 15) is 0 Å². The van der Waals surface area contributed by atoms with Gasteiger partial charge in [0.2, 0.25) is 5.88 Å². The van der Waals surface area contributed by atoms with Gasteiger partial charge in [0.05, 0.1) is 0 Å². The van der Waals surface area contributed by atoms with Crippen molar-refractivity contribution in [2.75, 3.05) is 13.1 Å². The van der Waals surface area contributed by atoms with Gasteiger partial charge in [0, 0.05) is 18.3 Å². The highest BCUT2D eigenvalue weighted by Gasteiger charge is 2.23. The molecule has 3 rings (SSSR count).